The molecule has 2 aromatic carbocycles. The lowest BCUT2D eigenvalue weighted by molar-refractivity contribution is -0.208. The van der Waals surface area contributed by atoms with Crippen molar-refractivity contribution in [2.45, 2.75) is 13.0 Å². The monoisotopic (exact) mass is 234 g/mol. The van der Waals surface area contributed by atoms with Gasteiger partial charge in [-0.2, -0.15) is 8.78 Å². The molecular formula is C14H12F2O. The molecule has 0 radical (unpaired) electrons. The smallest absolute Gasteiger partial charge is 0.332 e. The number of hydrogen-bond donors (Lipinski definition) is 1. The second-order valence-electron chi connectivity index (χ2n) is 3.98. The summed E-state index contributed by atoms with van der Waals surface area (Å²) in [6.45, 7) is 1.99. The largest absolute Gasteiger partial charge is 0.380 e. The van der Waals surface area contributed by atoms with Crippen molar-refractivity contribution < 1.29 is 13.9 Å². The van der Waals surface area contributed by atoms with Crippen LogP contribution >= 0.6 is 0 Å². The average Bonchev–Trinajstić information content (AvgIpc) is 2.29. The summed E-state index contributed by atoms with van der Waals surface area (Å²) in [4.78, 5) is 0. The van der Waals surface area contributed by atoms with Gasteiger partial charge in [0.1, 0.15) is 0 Å². The first-order valence-electron chi connectivity index (χ1n) is 5.24. The predicted molar refractivity (Wildman–Crippen MR) is 62.7 cm³/mol. The van der Waals surface area contributed by atoms with Gasteiger partial charge in [0, 0.05) is 0 Å². The van der Waals surface area contributed by atoms with Crippen LogP contribution in [0, 0.1) is 6.92 Å². The molecule has 0 fully saturated rings. The molecule has 2 rings (SSSR count). The first-order valence-corrected chi connectivity index (χ1v) is 5.24. The first-order chi connectivity index (χ1) is 7.97. The second kappa shape index (κ2) is 4.26. The van der Waals surface area contributed by atoms with Gasteiger partial charge < -0.3 is 5.11 Å². The third-order valence-electron chi connectivity index (χ3n) is 2.62. The third-order valence-corrected chi connectivity index (χ3v) is 2.62. The highest BCUT2D eigenvalue weighted by Gasteiger charge is 2.26. The number of aliphatic hydroxyl groups is 1. The van der Waals surface area contributed by atoms with Crippen molar-refractivity contribution in [2.24, 2.45) is 0 Å². The summed E-state index contributed by atoms with van der Waals surface area (Å²) in [5.41, 5.74) is 2.56. The van der Waals surface area contributed by atoms with Crippen molar-refractivity contribution in [3.05, 3.63) is 59.7 Å². The minimum absolute atomic E-state index is 0.395. The topological polar surface area (TPSA) is 20.2 Å². The Kier molecular flexibility index (Phi) is 2.94. The van der Waals surface area contributed by atoms with E-state index in [1.807, 2.05) is 31.2 Å². The molecule has 0 amide bonds. The van der Waals surface area contributed by atoms with Crippen molar-refractivity contribution in [1.29, 1.82) is 0 Å². The normalized spacial score (nSPS) is 11.5. The van der Waals surface area contributed by atoms with E-state index in [1.165, 1.54) is 12.1 Å². The molecule has 2 aromatic rings. The van der Waals surface area contributed by atoms with Crippen molar-refractivity contribution in [3.8, 4) is 11.1 Å². The number of alkyl halides is 2. The lowest BCUT2D eigenvalue weighted by Crippen LogP contribution is -2.10. The summed E-state index contributed by atoms with van der Waals surface area (Å²) < 4.78 is 25.2. The van der Waals surface area contributed by atoms with Crippen molar-refractivity contribution >= 4 is 0 Å². The molecule has 0 aliphatic carbocycles. The Morgan fingerprint density at radius 2 is 1.24 bits per heavy atom. The molecule has 17 heavy (non-hydrogen) atoms. The van der Waals surface area contributed by atoms with Gasteiger partial charge in [-0.3, -0.25) is 0 Å². The summed E-state index contributed by atoms with van der Waals surface area (Å²) >= 11 is 0. The zero-order valence-electron chi connectivity index (χ0n) is 9.32. The van der Waals surface area contributed by atoms with E-state index in [-0.39, 0.29) is 0 Å². The predicted octanol–water partition coefficient (Wildman–Crippen LogP) is 3.70. The fraction of sp³-hybridized carbons (Fsp3) is 0.143. The van der Waals surface area contributed by atoms with Crippen LogP contribution < -0.4 is 0 Å². The van der Waals surface area contributed by atoms with Gasteiger partial charge in [-0.05, 0) is 30.2 Å². The van der Waals surface area contributed by atoms with Crippen LogP contribution in [0.25, 0.3) is 11.1 Å². The van der Waals surface area contributed by atoms with E-state index in [2.05, 4.69) is 0 Å². The van der Waals surface area contributed by atoms with E-state index >= 15 is 0 Å². The van der Waals surface area contributed by atoms with Gasteiger partial charge >= 0.3 is 6.11 Å². The number of rotatable bonds is 2. The Morgan fingerprint density at radius 3 is 1.65 bits per heavy atom. The van der Waals surface area contributed by atoms with Crippen LogP contribution in [0.15, 0.2) is 48.5 Å². The number of benzene rings is 2. The fourth-order valence-corrected chi connectivity index (χ4v) is 1.61. The molecule has 88 valence electrons. The van der Waals surface area contributed by atoms with E-state index < -0.39 is 11.7 Å². The molecule has 0 aliphatic rings. The summed E-state index contributed by atoms with van der Waals surface area (Å²) in [6, 6.07) is 13.4. The molecule has 0 aromatic heterocycles. The van der Waals surface area contributed by atoms with Gasteiger partial charge in [0.25, 0.3) is 0 Å². The van der Waals surface area contributed by atoms with E-state index in [9.17, 15) is 8.78 Å². The zero-order chi connectivity index (χ0) is 12.5. The van der Waals surface area contributed by atoms with Crippen molar-refractivity contribution in [2.75, 3.05) is 0 Å². The van der Waals surface area contributed by atoms with Gasteiger partial charge in [0.05, 0.1) is 5.56 Å². The Balaban J connectivity index is 2.33. The maximum atomic E-state index is 12.6. The molecule has 0 heterocycles. The van der Waals surface area contributed by atoms with Gasteiger partial charge in [0.15, 0.2) is 0 Å². The van der Waals surface area contributed by atoms with Gasteiger partial charge in [-0.25, -0.2) is 0 Å². The molecule has 3 heteroatoms. The molecule has 0 bridgehead atoms. The quantitative estimate of drug-likeness (QED) is 0.839. The van der Waals surface area contributed by atoms with Gasteiger partial charge in [-0.1, -0.05) is 42.0 Å². The standard InChI is InChI=1S/C14H12F2O/c1-10-2-4-11(5-3-10)12-6-8-13(9-7-12)14(15,16)17/h2-9,17H,1H3. The third kappa shape index (κ3) is 2.68. The summed E-state index contributed by atoms with van der Waals surface area (Å²) in [6.07, 6.45) is -3.77. The molecule has 1 nitrogen and oxygen atoms in total. The molecule has 0 aliphatic heterocycles. The molecule has 0 unspecified atom stereocenters. The number of aryl methyl sites for hydroxylation is 1. The highest BCUT2D eigenvalue weighted by Crippen LogP contribution is 2.27. The Hall–Kier alpha value is -1.74. The van der Waals surface area contributed by atoms with Crippen LogP contribution in [0.1, 0.15) is 11.1 Å². The lowest BCUT2D eigenvalue weighted by atomic mass is 10.0. The maximum Gasteiger partial charge on any atom is 0.380 e. The van der Waals surface area contributed by atoms with Crippen LogP contribution in [0.4, 0.5) is 8.78 Å². The van der Waals surface area contributed by atoms with Crippen molar-refractivity contribution in [1.82, 2.24) is 0 Å². The maximum absolute atomic E-state index is 12.6. The molecule has 0 atom stereocenters. The highest BCUT2D eigenvalue weighted by atomic mass is 19.3. The average molecular weight is 234 g/mol. The van der Waals surface area contributed by atoms with Gasteiger partial charge in [0.2, 0.25) is 0 Å². The van der Waals surface area contributed by atoms with Gasteiger partial charge in [-0.15, -0.1) is 0 Å². The van der Waals surface area contributed by atoms with E-state index in [0.717, 1.165) is 16.7 Å². The van der Waals surface area contributed by atoms with Crippen LogP contribution in [0.5, 0.6) is 0 Å². The molecular weight excluding hydrogens is 222 g/mol. The van der Waals surface area contributed by atoms with E-state index in [0.29, 0.717) is 0 Å². The lowest BCUT2D eigenvalue weighted by Gasteiger charge is -2.09. The van der Waals surface area contributed by atoms with Crippen LogP contribution in [0.3, 0.4) is 0 Å². The minimum atomic E-state index is -3.77. The number of hydrogen-bond acceptors (Lipinski definition) is 1. The molecule has 0 saturated carbocycles. The first kappa shape index (κ1) is 11.7. The number of halogens is 2. The Bertz CT molecular complexity index is 495. The van der Waals surface area contributed by atoms with E-state index in [1.54, 1.807) is 12.1 Å². The molecule has 1 N–H and O–H groups in total. The van der Waals surface area contributed by atoms with Crippen LogP contribution in [-0.2, 0) is 6.11 Å². The van der Waals surface area contributed by atoms with Crippen LogP contribution in [0.2, 0.25) is 0 Å². The minimum Gasteiger partial charge on any atom is -0.332 e. The molecule has 0 saturated heterocycles. The van der Waals surface area contributed by atoms with Crippen LogP contribution in [-0.4, -0.2) is 5.11 Å². The summed E-state index contributed by atoms with van der Waals surface area (Å²) in [7, 11) is 0. The Morgan fingerprint density at radius 1 is 0.824 bits per heavy atom. The van der Waals surface area contributed by atoms with E-state index in [4.69, 9.17) is 5.11 Å². The second-order valence-corrected chi connectivity index (χ2v) is 3.98. The summed E-state index contributed by atoms with van der Waals surface area (Å²) in [5.74, 6) is 0. The fourth-order valence-electron chi connectivity index (χ4n) is 1.61. The molecule has 0 spiro atoms. The SMILES string of the molecule is Cc1ccc(-c2ccc(C(O)(F)F)cc2)cc1. The van der Waals surface area contributed by atoms with Crippen molar-refractivity contribution in [3.63, 3.8) is 0 Å². The highest BCUT2D eigenvalue weighted by molar-refractivity contribution is 5.64. The Labute approximate surface area is 98.3 Å². The zero-order valence-corrected chi connectivity index (χ0v) is 9.32. The summed E-state index contributed by atoms with van der Waals surface area (Å²) in [5, 5.41) is 8.55.